The van der Waals surface area contributed by atoms with E-state index in [9.17, 15) is 5.11 Å². The lowest BCUT2D eigenvalue weighted by molar-refractivity contribution is 0.263. The van der Waals surface area contributed by atoms with Gasteiger partial charge in [-0.25, -0.2) is 0 Å². The number of aromatic hydroxyl groups is 1. The highest BCUT2D eigenvalue weighted by Crippen LogP contribution is 2.34. The van der Waals surface area contributed by atoms with E-state index >= 15 is 0 Å². The van der Waals surface area contributed by atoms with E-state index in [1.165, 1.54) is 31.5 Å². The third-order valence-electron chi connectivity index (χ3n) is 5.09. The SMILES string of the molecule is C[C@@H](c1cccc(-c2ccc(O)c(-c3ccno3)c2)c1)N1CCCC1. The second kappa shape index (κ2) is 6.73. The number of aromatic nitrogens is 1. The van der Waals surface area contributed by atoms with Crippen molar-refractivity contribution in [1.29, 1.82) is 0 Å². The van der Waals surface area contributed by atoms with E-state index in [1.807, 2.05) is 12.1 Å². The van der Waals surface area contributed by atoms with Crippen LogP contribution in [0.25, 0.3) is 22.5 Å². The minimum Gasteiger partial charge on any atom is -0.507 e. The first kappa shape index (κ1) is 15.9. The van der Waals surface area contributed by atoms with Crippen molar-refractivity contribution in [3.05, 3.63) is 60.3 Å². The van der Waals surface area contributed by atoms with E-state index in [1.54, 1.807) is 18.3 Å². The Morgan fingerprint density at radius 1 is 1.04 bits per heavy atom. The largest absolute Gasteiger partial charge is 0.507 e. The molecule has 0 saturated carbocycles. The quantitative estimate of drug-likeness (QED) is 0.739. The Balaban J connectivity index is 1.68. The zero-order valence-electron chi connectivity index (χ0n) is 14.4. The van der Waals surface area contributed by atoms with Gasteiger partial charge in [-0.05, 0) is 67.7 Å². The van der Waals surface area contributed by atoms with Crippen LogP contribution in [0.4, 0.5) is 0 Å². The van der Waals surface area contributed by atoms with Crippen LogP contribution in [0.1, 0.15) is 31.4 Å². The van der Waals surface area contributed by atoms with Gasteiger partial charge < -0.3 is 9.63 Å². The molecule has 4 heteroatoms. The first-order valence-corrected chi connectivity index (χ1v) is 8.81. The number of hydrogen-bond acceptors (Lipinski definition) is 4. The van der Waals surface area contributed by atoms with Gasteiger partial charge in [-0.1, -0.05) is 29.4 Å². The van der Waals surface area contributed by atoms with Gasteiger partial charge in [-0.2, -0.15) is 0 Å². The summed E-state index contributed by atoms with van der Waals surface area (Å²) < 4.78 is 5.20. The maximum absolute atomic E-state index is 10.1. The molecule has 0 amide bonds. The van der Waals surface area contributed by atoms with Crippen molar-refractivity contribution in [3.8, 4) is 28.2 Å². The van der Waals surface area contributed by atoms with Gasteiger partial charge in [0.1, 0.15) is 5.75 Å². The molecule has 1 aromatic heterocycles. The predicted octanol–water partition coefficient (Wildman–Crippen LogP) is 4.87. The summed E-state index contributed by atoms with van der Waals surface area (Å²) in [5.41, 5.74) is 4.19. The van der Waals surface area contributed by atoms with E-state index in [4.69, 9.17) is 4.52 Å². The molecular formula is C21H22N2O2. The molecule has 3 aromatic rings. The molecule has 1 N–H and O–H groups in total. The van der Waals surface area contributed by atoms with Crippen LogP contribution in [0, 0.1) is 0 Å². The third-order valence-corrected chi connectivity index (χ3v) is 5.09. The fourth-order valence-electron chi connectivity index (χ4n) is 3.59. The molecule has 0 unspecified atom stereocenters. The molecule has 0 spiro atoms. The first-order valence-electron chi connectivity index (χ1n) is 8.81. The van der Waals surface area contributed by atoms with Crippen LogP contribution in [0.2, 0.25) is 0 Å². The van der Waals surface area contributed by atoms with Gasteiger partial charge in [-0.15, -0.1) is 0 Å². The topological polar surface area (TPSA) is 49.5 Å². The van der Waals surface area contributed by atoms with Gasteiger partial charge in [-0.3, -0.25) is 4.90 Å². The van der Waals surface area contributed by atoms with Crippen LogP contribution < -0.4 is 0 Å². The average molecular weight is 334 g/mol. The number of rotatable bonds is 4. The molecule has 4 nitrogen and oxygen atoms in total. The summed E-state index contributed by atoms with van der Waals surface area (Å²) in [6.45, 7) is 4.64. The molecule has 4 rings (SSSR count). The van der Waals surface area contributed by atoms with Crippen molar-refractivity contribution < 1.29 is 9.63 Å². The smallest absolute Gasteiger partial charge is 0.170 e. The van der Waals surface area contributed by atoms with Crippen LogP contribution in [0.15, 0.2) is 59.3 Å². The van der Waals surface area contributed by atoms with Crippen molar-refractivity contribution in [1.82, 2.24) is 10.1 Å². The predicted molar refractivity (Wildman–Crippen MR) is 98.3 cm³/mol. The van der Waals surface area contributed by atoms with Crippen molar-refractivity contribution in [3.63, 3.8) is 0 Å². The molecule has 128 valence electrons. The minimum atomic E-state index is 0.196. The van der Waals surface area contributed by atoms with Crippen LogP contribution in [0.5, 0.6) is 5.75 Å². The van der Waals surface area contributed by atoms with Gasteiger partial charge in [0, 0.05) is 12.1 Å². The summed E-state index contributed by atoms with van der Waals surface area (Å²) in [4.78, 5) is 2.54. The molecule has 0 bridgehead atoms. The van der Waals surface area contributed by atoms with Gasteiger partial charge in [0.15, 0.2) is 5.76 Å². The Kier molecular flexibility index (Phi) is 4.28. The summed E-state index contributed by atoms with van der Waals surface area (Å²) in [6, 6.07) is 16.4. The van der Waals surface area contributed by atoms with Crippen molar-refractivity contribution in [2.45, 2.75) is 25.8 Å². The van der Waals surface area contributed by atoms with Crippen LogP contribution in [0.3, 0.4) is 0 Å². The number of benzene rings is 2. The number of phenols is 1. The minimum absolute atomic E-state index is 0.196. The van der Waals surface area contributed by atoms with Crippen molar-refractivity contribution in [2.75, 3.05) is 13.1 Å². The second-order valence-corrected chi connectivity index (χ2v) is 6.65. The van der Waals surface area contributed by atoms with Crippen LogP contribution in [-0.2, 0) is 0 Å². The highest BCUT2D eigenvalue weighted by atomic mass is 16.5. The third kappa shape index (κ3) is 3.17. The summed E-state index contributed by atoms with van der Waals surface area (Å²) in [6.07, 6.45) is 4.17. The molecule has 1 aliphatic rings. The normalized spacial score (nSPS) is 16.2. The fourth-order valence-corrected chi connectivity index (χ4v) is 3.59. The molecule has 0 radical (unpaired) electrons. The van der Waals surface area contributed by atoms with E-state index in [0.717, 1.165) is 11.1 Å². The summed E-state index contributed by atoms with van der Waals surface area (Å²) >= 11 is 0. The Morgan fingerprint density at radius 2 is 1.84 bits per heavy atom. The lowest BCUT2D eigenvalue weighted by atomic mass is 9.97. The van der Waals surface area contributed by atoms with E-state index in [-0.39, 0.29) is 5.75 Å². The highest BCUT2D eigenvalue weighted by Gasteiger charge is 2.19. The average Bonchev–Trinajstić information content (AvgIpc) is 3.35. The monoisotopic (exact) mass is 334 g/mol. The van der Waals surface area contributed by atoms with E-state index in [2.05, 4.69) is 41.2 Å². The van der Waals surface area contributed by atoms with E-state index < -0.39 is 0 Å². The van der Waals surface area contributed by atoms with Crippen molar-refractivity contribution >= 4 is 0 Å². The number of likely N-dealkylation sites (tertiary alicyclic amines) is 1. The van der Waals surface area contributed by atoms with Crippen molar-refractivity contribution in [2.24, 2.45) is 0 Å². The van der Waals surface area contributed by atoms with Gasteiger partial charge >= 0.3 is 0 Å². The second-order valence-electron chi connectivity index (χ2n) is 6.65. The Morgan fingerprint density at radius 3 is 2.60 bits per heavy atom. The number of phenolic OH excluding ortho intramolecular Hbond substituents is 1. The first-order chi connectivity index (χ1) is 12.2. The Hall–Kier alpha value is -2.59. The maximum atomic E-state index is 10.1. The summed E-state index contributed by atoms with van der Waals surface area (Å²) in [5, 5.41) is 13.9. The molecule has 1 atom stereocenters. The fraction of sp³-hybridized carbons (Fsp3) is 0.286. The summed E-state index contributed by atoms with van der Waals surface area (Å²) in [7, 11) is 0. The standard InChI is InChI=1S/C21H22N2O2/c1-15(23-11-2-3-12-23)16-5-4-6-17(13-16)18-7-8-20(24)19(14-18)21-9-10-22-25-21/h4-10,13-15,24H,2-3,11-12H2,1H3/t15-/m0/s1. The molecule has 1 aliphatic heterocycles. The molecule has 2 heterocycles. The highest BCUT2D eigenvalue weighted by molar-refractivity contribution is 5.75. The van der Waals surface area contributed by atoms with E-state index in [0.29, 0.717) is 17.4 Å². The lowest BCUT2D eigenvalue weighted by Crippen LogP contribution is -2.23. The molecule has 1 saturated heterocycles. The Bertz CT molecular complexity index is 852. The zero-order chi connectivity index (χ0) is 17.2. The molecule has 25 heavy (non-hydrogen) atoms. The molecule has 0 aliphatic carbocycles. The zero-order valence-corrected chi connectivity index (χ0v) is 14.4. The Labute approximate surface area is 147 Å². The molecule has 1 fully saturated rings. The van der Waals surface area contributed by atoms with Crippen LogP contribution in [-0.4, -0.2) is 28.3 Å². The number of hydrogen-bond donors (Lipinski definition) is 1. The lowest BCUT2D eigenvalue weighted by Gasteiger charge is -2.24. The van der Waals surface area contributed by atoms with Gasteiger partial charge in [0.05, 0.1) is 11.8 Å². The summed E-state index contributed by atoms with van der Waals surface area (Å²) in [5.74, 6) is 0.767. The maximum Gasteiger partial charge on any atom is 0.170 e. The molecule has 2 aromatic carbocycles. The van der Waals surface area contributed by atoms with Crippen LogP contribution >= 0.6 is 0 Å². The number of nitrogens with zero attached hydrogens (tertiary/aromatic N) is 2. The molecular weight excluding hydrogens is 312 g/mol. The van der Waals surface area contributed by atoms with Gasteiger partial charge in [0.25, 0.3) is 0 Å². The van der Waals surface area contributed by atoms with Gasteiger partial charge in [0.2, 0.25) is 0 Å².